The molecule has 0 saturated carbocycles. The molecule has 0 aliphatic carbocycles. The van der Waals surface area contributed by atoms with Gasteiger partial charge >= 0.3 is 11.9 Å². The first-order chi connectivity index (χ1) is 16.5. The van der Waals surface area contributed by atoms with Crippen molar-refractivity contribution < 1.29 is 39.2 Å². The molecule has 0 saturated heterocycles. The summed E-state index contributed by atoms with van der Waals surface area (Å²) in [6.07, 6.45) is 11.7. The van der Waals surface area contributed by atoms with Crippen molar-refractivity contribution in [1.29, 1.82) is 0 Å². The predicted molar refractivity (Wildman–Crippen MR) is 134 cm³/mol. The van der Waals surface area contributed by atoms with Crippen LogP contribution in [0, 0.1) is 5.41 Å². The van der Waals surface area contributed by atoms with Crippen molar-refractivity contribution >= 4 is 23.5 Å². The van der Waals surface area contributed by atoms with Crippen molar-refractivity contribution in [3.8, 4) is 0 Å². The van der Waals surface area contributed by atoms with Crippen LogP contribution >= 0.6 is 0 Å². The van der Waals surface area contributed by atoms with Crippen molar-refractivity contribution in [3.63, 3.8) is 0 Å². The SMILES string of the molecule is CCCCCCCCCCCCCCCC(C(C)=O)(C(C)=O)C(O)(CC(O)CO)C(=O)OC(C)=O. The van der Waals surface area contributed by atoms with Crippen LogP contribution in [-0.2, 0) is 23.9 Å². The maximum atomic E-state index is 12.7. The van der Waals surface area contributed by atoms with Crippen LogP contribution in [0.3, 0.4) is 0 Å². The summed E-state index contributed by atoms with van der Waals surface area (Å²) in [5, 5.41) is 30.5. The number of carbonyl (C=O) groups excluding carboxylic acids is 4. The standard InChI is InChI=1S/C27H48O8/c1-5-6-7-8-9-10-11-12-13-14-15-16-17-18-26(21(2)29,22(3)30)27(34,19-24(32)20-28)25(33)35-23(4)31/h24,28,32,34H,5-20H2,1-4H3. The van der Waals surface area contributed by atoms with E-state index in [4.69, 9.17) is 0 Å². The van der Waals surface area contributed by atoms with Crippen molar-refractivity contribution in [2.75, 3.05) is 6.61 Å². The monoisotopic (exact) mass is 500 g/mol. The van der Waals surface area contributed by atoms with Gasteiger partial charge < -0.3 is 20.1 Å². The Morgan fingerprint density at radius 3 is 1.49 bits per heavy atom. The van der Waals surface area contributed by atoms with Crippen LogP contribution in [0.1, 0.15) is 124 Å². The minimum absolute atomic E-state index is 0.128. The largest absolute Gasteiger partial charge is 0.394 e. The number of carbonyl (C=O) groups is 4. The van der Waals surface area contributed by atoms with Gasteiger partial charge in [0, 0.05) is 13.3 Å². The zero-order chi connectivity index (χ0) is 26.9. The van der Waals surface area contributed by atoms with Gasteiger partial charge in [-0.05, 0) is 20.3 Å². The third kappa shape index (κ3) is 10.9. The highest BCUT2D eigenvalue weighted by Gasteiger charge is 2.63. The van der Waals surface area contributed by atoms with Crippen LogP contribution in [0.5, 0.6) is 0 Å². The molecule has 0 bridgehead atoms. The van der Waals surface area contributed by atoms with Gasteiger partial charge in [-0.3, -0.25) is 14.4 Å². The van der Waals surface area contributed by atoms with Crippen LogP contribution in [0.4, 0.5) is 0 Å². The van der Waals surface area contributed by atoms with Gasteiger partial charge in [0.05, 0.1) is 12.7 Å². The first-order valence-electron chi connectivity index (χ1n) is 13.3. The van der Waals surface area contributed by atoms with Crippen molar-refractivity contribution in [1.82, 2.24) is 0 Å². The molecule has 0 fully saturated rings. The van der Waals surface area contributed by atoms with Crippen molar-refractivity contribution in [2.45, 2.75) is 136 Å². The summed E-state index contributed by atoms with van der Waals surface area (Å²) in [7, 11) is 0. The predicted octanol–water partition coefficient (Wildman–Crippen LogP) is 4.20. The summed E-state index contributed by atoms with van der Waals surface area (Å²) >= 11 is 0. The highest BCUT2D eigenvalue weighted by atomic mass is 16.6. The first kappa shape index (κ1) is 33.4. The van der Waals surface area contributed by atoms with Crippen molar-refractivity contribution in [2.24, 2.45) is 5.41 Å². The Balaban J connectivity index is 5.01. The second-order valence-electron chi connectivity index (χ2n) is 9.79. The number of Topliss-reactive ketones (excluding diaryl/α,β-unsaturated/α-hetero) is 2. The molecule has 8 nitrogen and oxygen atoms in total. The molecule has 0 amide bonds. The molecule has 0 spiro atoms. The summed E-state index contributed by atoms with van der Waals surface area (Å²) in [6, 6.07) is 0. The second-order valence-corrected chi connectivity index (χ2v) is 9.79. The molecule has 204 valence electrons. The van der Waals surface area contributed by atoms with E-state index in [1.54, 1.807) is 0 Å². The lowest BCUT2D eigenvalue weighted by Gasteiger charge is -2.42. The summed E-state index contributed by atoms with van der Waals surface area (Å²) in [6.45, 7) is 4.56. The fraction of sp³-hybridized carbons (Fsp3) is 0.852. The van der Waals surface area contributed by atoms with Gasteiger partial charge in [-0.2, -0.15) is 0 Å². The minimum atomic E-state index is -2.78. The molecule has 2 unspecified atom stereocenters. The average molecular weight is 501 g/mol. The molecule has 3 N–H and O–H groups in total. The average Bonchev–Trinajstić information content (AvgIpc) is 2.78. The van der Waals surface area contributed by atoms with Gasteiger partial charge in [-0.25, -0.2) is 4.79 Å². The first-order valence-corrected chi connectivity index (χ1v) is 13.3. The molecule has 0 heterocycles. The Bertz CT molecular complexity index is 646. The van der Waals surface area contributed by atoms with Gasteiger partial charge in [-0.1, -0.05) is 90.4 Å². The number of rotatable bonds is 21. The van der Waals surface area contributed by atoms with E-state index in [2.05, 4.69) is 11.7 Å². The van der Waals surface area contributed by atoms with Gasteiger partial charge in [0.2, 0.25) is 0 Å². The number of aliphatic hydroxyl groups is 3. The Hall–Kier alpha value is -1.64. The summed E-state index contributed by atoms with van der Waals surface area (Å²) in [5.41, 5.74) is -4.97. The second kappa shape index (κ2) is 17.7. The maximum Gasteiger partial charge on any atom is 0.347 e. The van der Waals surface area contributed by atoms with Crippen LogP contribution < -0.4 is 0 Å². The molecule has 2 atom stereocenters. The van der Waals surface area contributed by atoms with Crippen LogP contribution in [0.15, 0.2) is 0 Å². The Morgan fingerprint density at radius 1 is 0.743 bits per heavy atom. The highest BCUT2D eigenvalue weighted by molar-refractivity contribution is 6.11. The molecule has 0 aromatic carbocycles. The number of esters is 2. The zero-order valence-electron chi connectivity index (χ0n) is 22.3. The summed E-state index contributed by atoms with van der Waals surface area (Å²) < 4.78 is 4.56. The molecule has 0 aromatic rings. The lowest BCUT2D eigenvalue weighted by Crippen LogP contribution is -2.63. The molecule has 0 radical (unpaired) electrons. The van der Waals surface area contributed by atoms with Crippen LogP contribution in [-0.4, -0.2) is 57.1 Å². The van der Waals surface area contributed by atoms with Gasteiger partial charge in [0.1, 0.15) is 17.0 Å². The molecular weight excluding hydrogens is 452 g/mol. The summed E-state index contributed by atoms with van der Waals surface area (Å²) in [4.78, 5) is 49.6. The van der Waals surface area contributed by atoms with Crippen molar-refractivity contribution in [3.05, 3.63) is 0 Å². The highest BCUT2D eigenvalue weighted by Crippen LogP contribution is 2.43. The Kier molecular flexibility index (Phi) is 16.9. The topological polar surface area (TPSA) is 138 Å². The number of hydrogen-bond donors (Lipinski definition) is 3. The van der Waals surface area contributed by atoms with E-state index >= 15 is 0 Å². The fourth-order valence-corrected chi connectivity index (χ4v) is 4.85. The molecular formula is C27H48O8. The third-order valence-electron chi connectivity index (χ3n) is 6.88. The van der Waals surface area contributed by atoms with E-state index in [-0.39, 0.29) is 6.42 Å². The third-order valence-corrected chi connectivity index (χ3v) is 6.88. The molecule has 35 heavy (non-hydrogen) atoms. The number of ether oxygens (including phenoxy) is 1. The Labute approximate surface area is 210 Å². The molecule has 0 rings (SSSR count). The van der Waals surface area contributed by atoms with E-state index < -0.39 is 53.7 Å². The number of unbranched alkanes of at least 4 members (excludes halogenated alkanes) is 12. The fourth-order valence-electron chi connectivity index (χ4n) is 4.85. The van der Waals surface area contributed by atoms with E-state index in [0.29, 0.717) is 12.8 Å². The number of ketones is 2. The van der Waals surface area contributed by atoms with Crippen LogP contribution in [0.2, 0.25) is 0 Å². The smallest absolute Gasteiger partial charge is 0.347 e. The van der Waals surface area contributed by atoms with E-state index in [1.165, 1.54) is 51.4 Å². The normalized spacial score (nSPS) is 14.3. The van der Waals surface area contributed by atoms with Gasteiger partial charge in [-0.15, -0.1) is 0 Å². The molecule has 0 aliphatic heterocycles. The zero-order valence-corrected chi connectivity index (χ0v) is 22.3. The Morgan fingerprint density at radius 2 is 1.14 bits per heavy atom. The van der Waals surface area contributed by atoms with Crippen LogP contribution in [0.25, 0.3) is 0 Å². The summed E-state index contributed by atoms with van der Waals surface area (Å²) in [5.74, 6) is -4.00. The lowest BCUT2D eigenvalue weighted by molar-refractivity contribution is -0.196. The maximum absolute atomic E-state index is 12.7. The lowest BCUT2D eigenvalue weighted by atomic mass is 9.61. The van der Waals surface area contributed by atoms with E-state index in [1.807, 2.05) is 0 Å². The van der Waals surface area contributed by atoms with Gasteiger partial charge in [0.25, 0.3) is 0 Å². The van der Waals surface area contributed by atoms with E-state index in [0.717, 1.165) is 40.0 Å². The quantitative estimate of drug-likeness (QED) is 0.121. The molecule has 0 aromatic heterocycles. The molecule has 8 heteroatoms. The number of hydrogen-bond acceptors (Lipinski definition) is 8. The van der Waals surface area contributed by atoms with Gasteiger partial charge in [0.15, 0.2) is 5.60 Å². The minimum Gasteiger partial charge on any atom is -0.394 e. The number of aliphatic hydroxyl groups excluding tert-OH is 2. The van der Waals surface area contributed by atoms with E-state index in [9.17, 15) is 34.5 Å². The molecule has 0 aliphatic rings.